The highest BCUT2D eigenvalue weighted by Crippen LogP contribution is 2.43. The number of fused-ring (bicyclic) bond motifs is 2. The van der Waals surface area contributed by atoms with Crippen LogP contribution in [0.5, 0.6) is 5.75 Å². The number of rotatable bonds is 0. The second-order valence-corrected chi connectivity index (χ2v) is 4.27. The van der Waals surface area contributed by atoms with Crippen molar-refractivity contribution < 1.29 is 5.11 Å². The van der Waals surface area contributed by atoms with Gasteiger partial charge in [-0.05, 0) is 49.3 Å². The Kier molecular flexibility index (Phi) is 1.66. The topological polar surface area (TPSA) is 20.2 Å². The third kappa shape index (κ3) is 1.02. The Hall–Kier alpha value is -1.24. The first-order chi connectivity index (χ1) is 6.86. The van der Waals surface area contributed by atoms with Gasteiger partial charge in [0.15, 0.2) is 0 Å². The summed E-state index contributed by atoms with van der Waals surface area (Å²) in [5, 5.41) is 9.75. The summed E-state index contributed by atoms with van der Waals surface area (Å²) < 4.78 is 0. The van der Waals surface area contributed by atoms with Crippen LogP contribution in [0, 0.1) is 0 Å². The Bertz CT molecular complexity index is 415. The van der Waals surface area contributed by atoms with Crippen molar-refractivity contribution in [2.24, 2.45) is 0 Å². The average Bonchev–Trinajstić information content (AvgIpc) is 2.59. The number of allylic oxidation sites excluding steroid dienone is 2. The van der Waals surface area contributed by atoms with E-state index in [1.807, 2.05) is 6.07 Å². The fraction of sp³-hybridized carbons (Fsp3) is 0.385. The van der Waals surface area contributed by atoms with Crippen molar-refractivity contribution in [1.29, 1.82) is 0 Å². The molecule has 1 N–H and O–H groups in total. The summed E-state index contributed by atoms with van der Waals surface area (Å²) in [6.07, 6.45) is 6.09. The van der Waals surface area contributed by atoms with E-state index in [2.05, 4.69) is 6.07 Å². The molecule has 0 saturated heterocycles. The SMILES string of the molecule is Oc1cccc2c1CC1=C2CCCC1. The Labute approximate surface area is 84.1 Å². The second kappa shape index (κ2) is 2.88. The van der Waals surface area contributed by atoms with E-state index >= 15 is 0 Å². The van der Waals surface area contributed by atoms with Crippen LogP contribution in [0.1, 0.15) is 36.8 Å². The largest absolute Gasteiger partial charge is 0.508 e. The lowest BCUT2D eigenvalue weighted by Crippen LogP contribution is -1.93. The first-order valence-corrected chi connectivity index (χ1v) is 5.38. The predicted molar refractivity (Wildman–Crippen MR) is 57.2 cm³/mol. The van der Waals surface area contributed by atoms with Crippen molar-refractivity contribution in [3.63, 3.8) is 0 Å². The van der Waals surface area contributed by atoms with Crippen LogP contribution in [0.2, 0.25) is 0 Å². The van der Waals surface area contributed by atoms with Gasteiger partial charge in [-0.25, -0.2) is 0 Å². The lowest BCUT2D eigenvalue weighted by Gasteiger charge is -2.13. The molecule has 1 heteroatoms. The molecule has 0 heterocycles. The van der Waals surface area contributed by atoms with Gasteiger partial charge < -0.3 is 5.11 Å². The van der Waals surface area contributed by atoms with Gasteiger partial charge in [0.25, 0.3) is 0 Å². The number of phenols is 1. The van der Waals surface area contributed by atoms with Crippen LogP contribution in [0.25, 0.3) is 5.57 Å². The van der Waals surface area contributed by atoms with Crippen molar-refractivity contribution in [3.8, 4) is 5.75 Å². The van der Waals surface area contributed by atoms with E-state index in [1.54, 1.807) is 11.6 Å². The minimum Gasteiger partial charge on any atom is -0.508 e. The molecule has 0 atom stereocenters. The molecule has 1 nitrogen and oxygen atoms in total. The number of hydrogen-bond donors (Lipinski definition) is 1. The monoisotopic (exact) mass is 186 g/mol. The maximum Gasteiger partial charge on any atom is 0.119 e. The van der Waals surface area contributed by atoms with Crippen molar-refractivity contribution in [2.45, 2.75) is 32.1 Å². The smallest absolute Gasteiger partial charge is 0.119 e. The molecule has 0 spiro atoms. The van der Waals surface area contributed by atoms with Gasteiger partial charge in [0.2, 0.25) is 0 Å². The van der Waals surface area contributed by atoms with E-state index in [1.165, 1.54) is 42.4 Å². The molecule has 2 aliphatic carbocycles. The molecule has 0 amide bonds. The molecule has 72 valence electrons. The lowest BCUT2D eigenvalue weighted by molar-refractivity contribution is 0.469. The highest BCUT2D eigenvalue weighted by atomic mass is 16.3. The number of benzene rings is 1. The first kappa shape index (κ1) is 8.10. The summed E-state index contributed by atoms with van der Waals surface area (Å²) >= 11 is 0. The molecule has 0 aromatic heterocycles. The minimum absolute atomic E-state index is 0.483. The fourth-order valence-electron chi connectivity index (χ4n) is 2.74. The summed E-state index contributed by atoms with van der Waals surface area (Å²) in [5.41, 5.74) is 5.59. The van der Waals surface area contributed by atoms with Crippen LogP contribution in [-0.4, -0.2) is 5.11 Å². The highest BCUT2D eigenvalue weighted by Gasteiger charge is 2.25. The molecule has 1 aromatic carbocycles. The molecule has 0 fully saturated rings. The molecule has 14 heavy (non-hydrogen) atoms. The molecule has 1 aromatic rings. The van der Waals surface area contributed by atoms with Crippen molar-refractivity contribution >= 4 is 5.57 Å². The van der Waals surface area contributed by atoms with E-state index in [4.69, 9.17) is 0 Å². The maximum absolute atomic E-state index is 9.75. The zero-order valence-electron chi connectivity index (χ0n) is 8.21. The van der Waals surface area contributed by atoms with Gasteiger partial charge in [0.1, 0.15) is 5.75 Å². The van der Waals surface area contributed by atoms with Crippen LogP contribution in [0.3, 0.4) is 0 Å². The van der Waals surface area contributed by atoms with E-state index < -0.39 is 0 Å². The van der Waals surface area contributed by atoms with Gasteiger partial charge in [-0.1, -0.05) is 17.7 Å². The van der Waals surface area contributed by atoms with Crippen LogP contribution in [0.4, 0.5) is 0 Å². The maximum atomic E-state index is 9.75. The fourth-order valence-corrected chi connectivity index (χ4v) is 2.74. The van der Waals surface area contributed by atoms with E-state index in [9.17, 15) is 5.11 Å². The highest BCUT2D eigenvalue weighted by molar-refractivity contribution is 5.78. The van der Waals surface area contributed by atoms with Gasteiger partial charge in [-0.15, -0.1) is 0 Å². The standard InChI is InChI=1S/C13H14O/c14-13-7-3-6-11-10-5-2-1-4-9(10)8-12(11)13/h3,6-7,14H,1-2,4-5,8H2. The van der Waals surface area contributed by atoms with Crippen molar-refractivity contribution in [1.82, 2.24) is 0 Å². The molecule has 0 saturated carbocycles. The van der Waals surface area contributed by atoms with Crippen LogP contribution >= 0.6 is 0 Å². The normalized spacial score (nSPS) is 19.4. The summed E-state index contributed by atoms with van der Waals surface area (Å²) in [5.74, 6) is 0.483. The number of aromatic hydroxyl groups is 1. The van der Waals surface area contributed by atoms with Crippen LogP contribution in [-0.2, 0) is 6.42 Å². The molecule has 0 unspecified atom stereocenters. The Balaban J connectivity index is 2.14. The van der Waals surface area contributed by atoms with Crippen molar-refractivity contribution in [3.05, 3.63) is 34.9 Å². The minimum atomic E-state index is 0.483. The Morgan fingerprint density at radius 1 is 1.07 bits per heavy atom. The molecule has 0 aliphatic heterocycles. The first-order valence-electron chi connectivity index (χ1n) is 5.38. The molecular formula is C13H14O. The van der Waals surface area contributed by atoms with Crippen LogP contribution in [0.15, 0.2) is 23.8 Å². The zero-order chi connectivity index (χ0) is 9.54. The quantitative estimate of drug-likeness (QED) is 0.659. The molecular weight excluding hydrogens is 172 g/mol. The number of hydrogen-bond acceptors (Lipinski definition) is 1. The number of phenolic OH excluding ortho intramolecular Hbond substituents is 1. The van der Waals surface area contributed by atoms with Gasteiger partial charge in [0.05, 0.1) is 0 Å². The van der Waals surface area contributed by atoms with Crippen molar-refractivity contribution in [2.75, 3.05) is 0 Å². The average molecular weight is 186 g/mol. The van der Waals surface area contributed by atoms with Gasteiger partial charge in [-0.3, -0.25) is 0 Å². The van der Waals surface area contributed by atoms with Gasteiger partial charge in [0, 0.05) is 5.56 Å². The summed E-state index contributed by atoms with van der Waals surface area (Å²) in [4.78, 5) is 0. The lowest BCUT2D eigenvalue weighted by atomic mass is 9.92. The molecule has 0 radical (unpaired) electrons. The third-order valence-electron chi connectivity index (χ3n) is 3.45. The summed E-state index contributed by atoms with van der Waals surface area (Å²) in [6, 6.07) is 5.92. The van der Waals surface area contributed by atoms with E-state index in [-0.39, 0.29) is 0 Å². The van der Waals surface area contributed by atoms with Gasteiger partial charge in [-0.2, -0.15) is 0 Å². The van der Waals surface area contributed by atoms with E-state index in [0.717, 1.165) is 6.42 Å². The summed E-state index contributed by atoms with van der Waals surface area (Å²) in [7, 11) is 0. The summed E-state index contributed by atoms with van der Waals surface area (Å²) in [6.45, 7) is 0. The molecule has 3 rings (SSSR count). The molecule has 0 bridgehead atoms. The predicted octanol–water partition coefficient (Wildman–Crippen LogP) is 3.28. The second-order valence-electron chi connectivity index (χ2n) is 4.27. The Morgan fingerprint density at radius 2 is 1.93 bits per heavy atom. The third-order valence-corrected chi connectivity index (χ3v) is 3.45. The zero-order valence-corrected chi connectivity index (χ0v) is 8.21. The van der Waals surface area contributed by atoms with Gasteiger partial charge >= 0.3 is 0 Å². The van der Waals surface area contributed by atoms with E-state index in [0.29, 0.717) is 5.75 Å². The Morgan fingerprint density at radius 3 is 2.86 bits per heavy atom. The molecule has 2 aliphatic rings. The van der Waals surface area contributed by atoms with Crippen LogP contribution < -0.4 is 0 Å².